The van der Waals surface area contributed by atoms with E-state index in [-0.39, 0.29) is 11.8 Å². The summed E-state index contributed by atoms with van der Waals surface area (Å²) in [5, 5.41) is 2.88. The van der Waals surface area contributed by atoms with Crippen LogP contribution in [0.2, 0.25) is 0 Å². The van der Waals surface area contributed by atoms with Crippen molar-refractivity contribution in [3.8, 4) is 0 Å². The minimum atomic E-state index is -0.795. The molecule has 3 aromatic rings. The predicted octanol–water partition coefficient (Wildman–Crippen LogP) is 3.42. The van der Waals surface area contributed by atoms with Gasteiger partial charge in [-0.25, -0.2) is 0 Å². The van der Waals surface area contributed by atoms with Gasteiger partial charge in [0.15, 0.2) is 6.04 Å². The number of pyridine rings is 1. The summed E-state index contributed by atoms with van der Waals surface area (Å²) in [6.07, 6.45) is 1.63. The van der Waals surface area contributed by atoms with Crippen LogP contribution in [0.15, 0.2) is 79.0 Å². The van der Waals surface area contributed by atoms with Gasteiger partial charge in [0.05, 0.1) is 16.9 Å². The fraction of sp³-hybridized carbons (Fsp3) is 0.0952. The summed E-state index contributed by atoms with van der Waals surface area (Å²) in [6.45, 7) is 0.322. The van der Waals surface area contributed by atoms with Gasteiger partial charge >= 0.3 is 0 Å². The quantitative estimate of drug-likeness (QED) is 0.793. The average molecular weight is 343 g/mol. The number of aromatic nitrogens is 1. The van der Waals surface area contributed by atoms with Crippen LogP contribution in [0.3, 0.4) is 0 Å². The number of para-hydroxylation sites is 1. The molecule has 0 saturated carbocycles. The van der Waals surface area contributed by atoms with Crippen molar-refractivity contribution >= 4 is 17.5 Å². The Kier molecular flexibility index (Phi) is 4.19. The van der Waals surface area contributed by atoms with E-state index >= 15 is 0 Å². The fourth-order valence-electron chi connectivity index (χ4n) is 3.17. The van der Waals surface area contributed by atoms with Crippen molar-refractivity contribution in [2.24, 2.45) is 0 Å². The van der Waals surface area contributed by atoms with Gasteiger partial charge in [-0.2, -0.15) is 0 Å². The predicted molar refractivity (Wildman–Crippen MR) is 98.4 cm³/mol. The van der Waals surface area contributed by atoms with Crippen LogP contribution in [-0.2, 0) is 11.3 Å². The Morgan fingerprint density at radius 3 is 2.38 bits per heavy atom. The Morgan fingerprint density at radius 2 is 1.62 bits per heavy atom. The second-order valence-corrected chi connectivity index (χ2v) is 6.11. The molecule has 1 aromatic heterocycles. The standard InChI is InChI=1S/C21H17N3O2/c25-20-19(18-12-6-7-13-22-18)24(14-15-8-2-1-3-9-15)21(26)16-10-4-5-11-17(16)23-20/h1-13,19H,14H2,(H,23,25)/t19-/m0/s1. The Morgan fingerprint density at radius 1 is 0.885 bits per heavy atom. The number of benzene rings is 2. The molecule has 1 atom stereocenters. The molecule has 2 heterocycles. The van der Waals surface area contributed by atoms with Crippen molar-refractivity contribution in [2.45, 2.75) is 12.6 Å². The summed E-state index contributed by atoms with van der Waals surface area (Å²) in [7, 11) is 0. The van der Waals surface area contributed by atoms with Crippen LogP contribution in [-0.4, -0.2) is 21.7 Å². The summed E-state index contributed by atoms with van der Waals surface area (Å²) < 4.78 is 0. The highest BCUT2D eigenvalue weighted by Gasteiger charge is 2.37. The lowest BCUT2D eigenvalue weighted by Gasteiger charge is -2.28. The number of amides is 2. The highest BCUT2D eigenvalue weighted by molar-refractivity contribution is 6.09. The van der Waals surface area contributed by atoms with E-state index in [0.29, 0.717) is 23.5 Å². The third kappa shape index (κ3) is 2.95. The van der Waals surface area contributed by atoms with Gasteiger partial charge in [0.1, 0.15) is 0 Å². The highest BCUT2D eigenvalue weighted by atomic mass is 16.2. The van der Waals surface area contributed by atoms with Gasteiger partial charge in [-0.1, -0.05) is 48.5 Å². The molecular weight excluding hydrogens is 326 g/mol. The van der Waals surface area contributed by atoms with Crippen LogP contribution in [0.5, 0.6) is 0 Å². The Balaban J connectivity index is 1.82. The molecule has 26 heavy (non-hydrogen) atoms. The molecule has 0 aliphatic carbocycles. The number of fused-ring (bicyclic) bond motifs is 1. The number of carbonyl (C=O) groups is 2. The third-order valence-corrected chi connectivity index (χ3v) is 4.40. The molecule has 4 rings (SSSR count). The first-order chi connectivity index (χ1) is 12.7. The smallest absolute Gasteiger partial charge is 0.257 e. The van der Waals surface area contributed by atoms with E-state index in [1.807, 2.05) is 36.4 Å². The van der Waals surface area contributed by atoms with Gasteiger partial charge in [0.2, 0.25) is 0 Å². The molecule has 5 nitrogen and oxygen atoms in total. The summed E-state index contributed by atoms with van der Waals surface area (Å²) >= 11 is 0. The zero-order valence-corrected chi connectivity index (χ0v) is 14.0. The van der Waals surface area contributed by atoms with E-state index in [1.54, 1.807) is 47.5 Å². The largest absolute Gasteiger partial charge is 0.323 e. The van der Waals surface area contributed by atoms with Crippen LogP contribution in [0.1, 0.15) is 27.7 Å². The topological polar surface area (TPSA) is 62.3 Å². The number of nitrogens with zero attached hydrogens (tertiary/aromatic N) is 2. The van der Waals surface area contributed by atoms with Gasteiger partial charge in [0.25, 0.3) is 11.8 Å². The number of hydrogen-bond donors (Lipinski definition) is 1. The zero-order valence-electron chi connectivity index (χ0n) is 14.0. The third-order valence-electron chi connectivity index (χ3n) is 4.40. The molecule has 0 spiro atoms. The lowest BCUT2D eigenvalue weighted by Crippen LogP contribution is -2.38. The second-order valence-electron chi connectivity index (χ2n) is 6.11. The monoisotopic (exact) mass is 343 g/mol. The zero-order chi connectivity index (χ0) is 17.9. The number of rotatable bonds is 3. The van der Waals surface area contributed by atoms with Crippen LogP contribution >= 0.6 is 0 Å². The molecule has 2 aromatic carbocycles. The molecular formula is C21H17N3O2. The van der Waals surface area contributed by atoms with Crippen LogP contribution in [0, 0.1) is 0 Å². The van der Waals surface area contributed by atoms with Gasteiger partial charge in [-0.15, -0.1) is 0 Å². The summed E-state index contributed by atoms with van der Waals surface area (Å²) in [6, 6.07) is 21.3. The molecule has 1 aliphatic rings. The van der Waals surface area contributed by atoms with Crippen LogP contribution in [0.25, 0.3) is 0 Å². The molecule has 128 valence electrons. The van der Waals surface area contributed by atoms with Gasteiger partial charge in [0, 0.05) is 12.7 Å². The maximum absolute atomic E-state index is 13.3. The first-order valence-corrected chi connectivity index (χ1v) is 8.40. The normalized spacial score (nSPS) is 16.6. The Labute approximate surface area is 151 Å². The first kappa shape index (κ1) is 16.0. The highest BCUT2D eigenvalue weighted by Crippen LogP contribution is 2.31. The van der Waals surface area contributed by atoms with Crippen molar-refractivity contribution in [1.29, 1.82) is 0 Å². The molecule has 0 radical (unpaired) electrons. The number of carbonyl (C=O) groups excluding carboxylic acids is 2. The molecule has 5 heteroatoms. The van der Waals surface area contributed by atoms with Crippen molar-refractivity contribution in [3.63, 3.8) is 0 Å². The first-order valence-electron chi connectivity index (χ1n) is 8.40. The lowest BCUT2D eigenvalue weighted by atomic mass is 10.1. The molecule has 1 aliphatic heterocycles. The van der Waals surface area contributed by atoms with E-state index in [0.717, 1.165) is 5.56 Å². The van der Waals surface area contributed by atoms with E-state index in [9.17, 15) is 9.59 Å². The summed E-state index contributed by atoms with van der Waals surface area (Å²) in [4.78, 5) is 32.2. The summed E-state index contributed by atoms with van der Waals surface area (Å²) in [5.41, 5.74) is 2.50. The maximum Gasteiger partial charge on any atom is 0.257 e. The summed E-state index contributed by atoms with van der Waals surface area (Å²) in [5.74, 6) is -0.462. The molecule has 0 fully saturated rings. The molecule has 0 unspecified atom stereocenters. The average Bonchev–Trinajstić information content (AvgIpc) is 2.78. The van der Waals surface area contributed by atoms with E-state index in [2.05, 4.69) is 10.3 Å². The molecule has 2 amide bonds. The number of hydrogen-bond acceptors (Lipinski definition) is 3. The minimum absolute atomic E-state index is 0.196. The lowest BCUT2D eigenvalue weighted by molar-refractivity contribution is -0.120. The van der Waals surface area contributed by atoms with Crippen molar-refractivity contribution in [2.75, 3.05) is 5.32 Å². The van der Waals surface area contributed by atoms with E-state index < -0.39 is 6.04 Å². The molecule has 0 bridgehead atoms. The van der Waals surface area contributed by atoms with Gasteiger partial charge < -0.3 is 10.2 Å². The van der Waals surface area contributed by atoms with Gasteiger partial charge in [-0.05, 0) is 29.8 Å². The molecule has 1 N–H and O–H groups in total. The fourth-order valence-corrected chi connectivity index (χ4v) is 3.17. The van der Waals surface area contributed by atoms with E-state index in [1.165, 1.54) is 0 Å². The van der Waals surface area contributed by atoms with Crippen molar-refractivity contribution in [1.82, 2.24) is 9.88 Å². The molecule has 0 saturated heterocycles. The number of anilines is 1. The SMILES string of the molecule is O=C1Nc2ccccc2C(=O)N(Cc2ccccc2)[C@H]1c1ccccn1. The van der Waals surface area contributed by atoms with Crippen molar-refractivity contribution < 1.29 is 9.59 Å². The van der Waals surface area contributed by atoms with Crippen molar-refractivity contribution in [3.05, 3.63) is 95.8 Å². The Hall–Kier alpha value is -3.47. The Bertz CT molecular complexity index is 942. The number of nitrogens with one attached hydrogen (secondary N) is 1. The minimum Gasteiger partial charge on any atom is -0.323 e. The van der Waals surface area contributed by atoms with E-state index in [4.69, 9.17) is 0 Å². The second kappa shape index (κ2) is 6.80. The van der Waals surface area contributed by atoms with Crippen LogP contribution in [0.4, 0.5) is 5.69 Å². The van der Waals surface area contributed by atoms with Crippen LogP contribution < -0.4 is 5.32 Å². The maximum atomic E-state index is 13.3. The van der Waals surface area contributed by atoms with Gasteiger partial charge in [-0.3, -0.25) is 14.6 Å².